The lowest BCUT2D eigenvalue weighted by Gasteiger charge is -2.14. The molecule has 3 nitrogen and oxygen atoms in total. The number of rotatable bonds is 9. The zero-order valence-electron chi connectivity index (χ0n) is 11.6. The zero-order chi connectivity index (χ0) is 12.7. The first-order valence-electron chi connectivity index (χ1n) is 7.10. The van der Waals surface area contributed by atoms with Crippen molar-refractivity contribution in [3.05, 3.63) is 0 Å². The first kappa shape index (κ1) is 14.5. The van der Waals surface area contributed by atoms with Crippen molar-refractivity contribution < 1.29 is 4.79 Å². The van der Waals surface area contributed by atoms with Crippen LogP contribution >= 0.6 is 0 Å². The average Bonchev–Trinajstić information content (AvgIpc) is 3.00. The van der Waals surface area contributed by atoms with Gasteiger partial charge in [-0.25, -0.2) is 0 Å². The summed E-state index contributed by atoms with van der Waals surface area (Å²) >= 11 is 0. The van der Waals surface area contributed by atoms with Crippen molar-refractivity contribution in [1.82, 2.24) is 10.6 Å². The minimum atomic E-state index is 0.190. The van der Waals surface area contributed by atoms with E-state index in [0.717, 1.165) is 18.9 Å². The van der Waals surface area contributed by atoms with Crippen LogP contribution in [0.15, 0.2) is 0 Å². The molecule has 0 spiro atoms. The number of hydrogen-bond acceptors (Lipinski definition) is 2. The minimum absolute atomic E-state index is 0.190. The Kier molecular flexibility index (Phi) is 6.56. The molecule has 1 amide bonds. The van der Waals surface area contributed by atoms with Crippen LogP contribution in [0.4, 0.5) is 0 Å². The molecular weight excluding hydrogens is 212 g/mol. The van der Waals surface area contributed by atoms with Crippen LogP contribution in [0.25, 0.3) is 0 Å². The summed E-state index contributed by atoms with van der Waals surface area (Å²) in [5, 5.41) is 6.43. The molecule has 100 valence electrons. The van der Waals surface area contributed by atoms with Crippen molar-refractivity contribution in [2.24, 2.45) is 5.92 Å². The van der Waals surface area contributed by atoms with E-state index in [9.17, 15) is 4.79 Å². The SMILES string of the molecule is CC(C)CCCC(C)NC(=O)CCNC1CC1. The van der Waals surface area contributed by atoms with Crippen LogP contribution in [0.1, 0.15) is 59.3 Å². The first-order valence-corrected chi connectivity index (χ1v) is 7.10. The highest BCUT2D eigenvalue weighted by atomic mass is 16.1. The van der Waals surface area contributed by atoms with Crippen LogP contribution in [-0.4, -0.2) is 24.5 Å². The summed E-state index contributed by atoms with van der Waals surface area (Å²) in [6, 6.07) is 1.02. The van der Waals surface area contributed by atoms with Crippen LogP contribution in [0.3, 0.4) is 0 Å². The Morgan fingerprint density at radius 1 is 1.24 bits per heavy atom. The molecule has 0 aliphatic heterocycles. The maximum Gasteiger partial charge on any atom is 0.221 e. The Morgan fingerprint density at radius 3 is 2.53 bits per heavy atom. The summed E-state index contributed by atoms with van der Waals surface area (Å²) in [7, 11) is 0. The Labute approximate surface area is 106 Å². The molecule has 0 aromatic carbocycles. The molecule has 3 heteroatoms. The smallest absolute Gasteiger partial charge is 0.221 e. The molecule has 17 heavy (non-hydrogen) atoms. The standard InChI is InChI=1S/C14H28N2O/c1-11(2)5-4-6-12(3)16-14(17)9-10-15-13-7-8-13/h11-13,15H,4-10H2,1-3H3,(H,16,17). The molecule has 1 rings (SSSR count). The van der Waals surface area contributed by atoms with E-state index in [-0.39, 0.29) is 5.91 Å². The van der Waals surface area contributed by atoms with Crippen LogP contribution in [0.2, 0.25) is 0 Å². The molecule has 1 fully saturated rings. The molecule has 1 aliphatic rings. The lowest BCUT2D eigenvalue weighted by atomic mass is 10.0. The summed E-state index contributed by atoms with van der Waals surface area (Å²) < 4.78 is 0. The number of carbonyl (C=O) groups excluding carboxylic acids is 1. The molecule has 0 saturated heterocycles. The van der Waals surface area contributed by atoms with Crippen LogP contribution in [0.5, 0.6) is 0 Å². The van der Waals surface area contributed by atoms with Gasteiger partial charge in [-0.15, -0.1) is 0 Å². The second-order valence-electron chi connectivity index (χ2n) is 5.77. The molecule has 1 aliphatic carbocycles. The van der Waals surface area contributed by atoms with Gasteiger partial charge in [0.1, 0.15) is 0 Å². The van der Waals surface area contributed by atoms with Gasteiger partial charge >= 0.3 is 0 Å². The molecule has 0 bridgehead atoms. The van der Waals surface area contributed by atoms with Crippen molar-refractivity contribution in [3.8, 4) is 0 Å². The minimum Gasteiger partial charge on any atom is -0.354 e. The molecule has 1 saturated carbocycles. The molecule has 0 aromatic heterocycles. The fourth-order valence-corrected chi connectivity index (χ4v) is 1.93. The van der Waals surface area contributed by atoms with Crippen molar-refractivity contribution in [2.45, 2.75) is 71.4 Å². The molecular formula is C14H28N2O. The van der Waals surface area contributed by atoms with E-state index >= 15 is 0 Å². The van der Waals surface area contributed by atoms with Gasteiger partial charge < -0.3 is 10.6 Å². The first-order chi connectivity index (χ1) is 8.08. The second-order valence-corrected chi connectivity index (χ2v) is 5.77. The van der Waals surface area contributed by atoms with Crippen molar-refractivity contribution >= 4 is 5.91 Å². The van der Waals surface area contributed by atoms with E-state index in [0.29, 0.717) is 18.5 Å². The van der Waals surface area contributed by atoms with Gasteiger partial charge in [0.25, 0.3) is 0 Å². The average molecular weight is 240 g/mol. The Bertz CT molecular complexity index is 224. The van der Waals surface area contributed by atoms with Gasteiger partial charge in [-0.3, -0.25) is 4.79 Å². The number of nitrogens with one attached hydrogen (secondary N) is 2. The van der Waals surface area contributed by atoms with Gasteiger partial charge in [-0.2, -0.15) is 0 Å². The Balaban J connectivity index is 1.95. The monoisotopic (exact) mass is 240 g/mol. The predicted molar refractivity (Wildman–Crippen MR) is 71.9 cm³/mol. The molecule has 2 N–H and O–H groups in total. The van der Waals surface area contributed by atoms with Gasteiger partial charge in [-0.05, 0) is 32.1 Å². The van der Waals surface area contributed by atoms with E-state index in [1.165, 1.54) is 25.7 Å². The lowest BCUT2D eigenvalue weighted by molar-refractivity contribution is -0.121. The Hall–Kier alpha value is -0.570. The maximum absolute atomic E-state index is 11.6. The third-order valence-corrected chi connectivity index (χ3v) is 3.19. The van der Waals surface area contributed by atoms with E-state index < -0.39 is 0 Å². The second kappa shape index (κ2) is 7.70. The summed E-state index contributed by atoms with van der Waals surface area (Å²) in [6.45, 7) is 7.42. The highest BCUT2D eigenvalue weighted by molar-refractivity contribution is 5.76. The molecule has 1 unspecified atom stereocenters. The largest absolute Gasteiger partial charge is 0.354 e. The van der Waals surface area contributed by atoms with E-state index in [4.69, 9.17) is 0 Å². The summed E-state index contributed by atoms with van der Waals surface area (Å²) in [5.74, 6) is 0.954. The van der Waals surface area contributed by atoms with Gasteiger partial charge in [0.2, 0.25) is 5.91 Å². The topological polar surface area (TPSA) is 41.1 Å². The van der Waals surface area contributed by atoms with Crippen molar-refractivity contribution in [2.75, 3.05) is 6.54 Å². The van der Waals surface area contributed by atoms with Gasteiger partial charge in [0, 0.05) is 25.0 Å². The van der Waals surface area contributed by atoms with Crippen LogP contribution in [-0.2, 0) is 4.79 Å². The quantitative estimate of drug-likeness (QED) is 0.650. The van der Waals surface area contributed by atoms with Gasteiger partial charge in [-0.1, -0.05) is 26.7 Å². The summed E-state index contributed by atoms with van der Waals surface area (Å²) in [4.78, 5) is 11.6. The van der Waals surface area contributed by atoms with E-state index in [1.54, 1.807) is 0 Å². The third-order valence-electron chi connectivity index (χ3n) is 3.19. The highest BCUT2D eigenvalue weighted by Gasteiger charge is 2.20. The van der Waals surface area contributed by atoms with Gasteiger partial charge in [0.05, 0.1) is 0 Å². The molecule has 1 atom stereocenters. The number of amides is 1. The van der Waals surface area contributed by atoms with E-state index in [1.807, 2.05) is 0 Å². The third kappa shape index (κ3) is 8.19. The molecule has 0 heterocycles. The van der Waals surface area contributed by atoms with Crippen LogP contribution < -0.4 is 10.6 Å². The normalized spacial score (nSPS) is 17.2. The zero-order valence-corrected chi connectivity index (χ0v) is 11.6. The predicted octanol–water partition coefficient (Wildman–Crippen LogP) is 2.46. The van der Waals surface area contributed by atoms with Gasteiger partial charge in [0.15, 0.2) is 0 Å². The summed E-state index contributed by atoms with van der Waals surface area (Å²) in [6.07, 6.45) is 6.74. The maximum atomic E-state index is 11.6. The fourth-order valence-electron chi connectivity index (χ4n) is 1.93. The molecule has 0 aromatic rings. The fraction of sp³-hybridized carbons (Fsp3) is 0.929. The highest BCUT2D eigenvalue weighted by Crippen LogP contribution is 2.18. The number of carbonyl (C=O) groups is 1. The van der Waals surface area contributed by atoms with E-state index in [2.05, 4.69) is 31.4 Å². The lowest BCUT2D eigenvalue weighted by Crippen LogP contribution is -2.34. The van der Waals surface area contributed by atoms with Crippen molar-refractivity contribution in [1.29, 1.82) is 0 Å². The van der Waals surface area contributed by atoms with Crippen molar-refractivity contribution in [3.63, 3.8) is 0 Å². The van der Waals surface area contributed by atoms with Crippen LogP contribution in [0, 0.1) is 5.92 Å². The Morgan fingerprint density at radius 2 is 1.94 bits per heavy atom. The molecule has 0 radical (unpaired) electrons. The summed E-state index contributed by atoms with van der Waals surface area (Å²) in [5.41, 5.74) is 0. The number of hydrogen-bond donors (Lipinski definition) is 2.